The fourth-order valence-corrected chi connectivity index (χ4v) is 1.17. The number of hydrogen-bond donors (Lipinski definition) is 3. The SMILES string of the molecule is CCN(C)C(=O)Nc1cccc(C(=O)O)c1O. The number of para-hydroxylation sites is 1. The molecule has 2 amide bonds. The van der Waals surface area contributed by atoms with E-state index in [2.05, 4.69) is 5.32 Å². The van der Waals surface area contributed by atoms with Crippen LogP contribution >= 0.6 is 0 Å². The first-order valence-electron chi connectivity index (χ1n) is 5.04. The van der Waals surface area contributed by atoms with Gasteiger partial charge in [-0.15, -0.1) is 0 Å². The molecule has 0 aromatic heterocycles. The van der Waals surface area contributed by atoms with Crippen molar-refractivity contribution in [1.82, 2.24) is 4.90 Å². The minimum absolute atomic E-state index is 0.0789. The number of carbonyl (C=O) groups is 2. The Bertz CT molecular complexity index is 445. The van der Waals surface area contributed by atoms with Crippen molar-refractivity contribution in [2.75, 3.05) is 18.9 Å². The van der Waals surface area contributed by atoms with E-state index in [9.17, 15) is 14.7 Å². The van der Waals surface area contributed by atoms with E-state index in [1.807, 2.05) is 0 Å². The van der Waals surface area contributed by atoms with Crippen molar-refractivity contribution in [3.8, 4) is 5.75 Å². The van der Waals surface area contributed by atoms with Crippen LogP contribution < -0.4 is 5.32 Å². The maximum Gasteiger partial charge on any atom is 0.339 e. The molecule has 1 aromatic rings. The van der Waals surface area contributed by atoms with Gasteiger partial charge in [0.1, 0.15) is 5.56 Å². The van der Waals surface area contributed by atoms with Crippen LogP contribution in [0.15, 0.2) is 18.2 Å². The maximum atomic E-state index is 11.5. The van der Waals surface area contributed by atoms with Crippen molar-refractivity contribution in [3.63, 3.8) is 0 Å². The number of amides is 2. The molecule has 0 aliphatic heterocycles. The average Bonchev–Trinajstić information content (AvgIpc) is 2.30. The van der Waals surface area contributed by atoms with Gasteiger partial charge in [-0.2, -0.15) is 0 Å². The van der Waals surface area contributed by atoms with Gasteiger partial charge >= 0.3 is 12.0 Å². The Balaban J connectivity index is 2.96. The number of aromatic hydroxyl groups is 1. The Morgan fingerprint density at radius 1 is 1.41 bits per heavy atom. The van der Waals surface area contributed by atoms with Gasteiger partial charge in [0.25, 0.3) is 0 Å². The summed E-state index contributed by atoms with van der Waals surface area (Å²) in [5.74, 6) is -1.69. The highest BCUT2D eigenvalue weighted by molar-refractivity contribution is 5.97. The van der Waals surface area contributed by atoms with E-state index in [1.165, 1.54) is 23.1 Å². The molecule has 1 rings (SSSR count). The number of urea groups is 1. The van der Waals surface area contributed by atoms with Gasteiger partial charge in [0.05, 0.1) is 5.69 Å². The number of carboxylic acid groups (broad SMARTS) is 1. The summed E-state index contributed by atoms with van der Waals surface area (Å²) in [6, 6.07) is 3.73. The van der Waals surface area contributed by atoms with Gasteiger partial charge < -0.3 is 20.4 Å². The molecule has 0 saturated carbocycles. The summed E-state index contributed by atoms with van der Waals surface area (Å²) >= 11 is 0. The monoisotopic (exact) mass is 238 g/mol. The van der Waals surface area contributed by atoms with Gasteiger partial charge in [0.15, 0.2) is 5.75 Å². The smallest absolute Gasteiger partial charge is 0.339 e. The van der Waals surface area contributed by atoms with Crippen LogP contribution in [0.3, 0.4) is 0 Å². The summed E-state index contributed by atoms with van der Waals surface area (Å²) in [6.07, 6.45) is 0. The second-order valence-corrected chi connectivity index (χ2v) is 3.45. The topological polar surface area (TPSA) is 89.9 Å². The van der Waals surface area contributed by atoms with Gasteiger partial charge in [-0.25, -0.2) is 9.59 Å². The number of carbonyl (C=O) groups excluding carboxylic acids is 1. The van der Waals surface area contributed by atoms with E-state index in [-0.39, 0.29) is 11.3 Å². The van der Waals surface area contributed by atoms with Crippen molar-refractivity contribution in [2.45, 2.75) is 6.92 Å². The van der Waals surface area contributed by atoms with Gasteiger partial charge in [-0.05, 0) is 19.1 Å². The standard InChI is InChI=1S/C11H14N2O4/c1-3-13(2)11(17)12-8-6-4-5-7(9(8)14)10(15)16/h4-6,14H,3H2,1-2H3,(H,12,17)(H,15,16). The molecule has 6 heteroatoms. The molecule has 0 aliphatic carbocycles. The fraction of sp³-hybridized carbons (Fsp3) is 0.273. The van der Waals surface area contributed by atoms with Gasteiger partial charge in [-0.1, -0.05) is 6.07 Å². The normalized spacial score (nSPS) is 9.76. The highest BCUT2D eigenvalue weighted by Crippen LogP contribution is 2.27. The lowest BCUT2D eigenvalue weighted by Crippen LogP contribution is -2.31. The lowest BCUT2D eigenvalue weighted by Gasteiger charge is -2.16. The number of anilines is 1. The van der Waals surface area contributed by atoms with Crippen molar-refractivity contribution in [2.24, 2.45) is 0 Å². The minimum atomic E-state index is -1.25. The Kier molecular flexibility index (Phi) is 3.92. The zero-order valence-electron chi connectivity index (χ0n) is 9.60. The summed E-state index contributed by atoms with van der Waals surface area (Å²) in [7, 11) is 1.59. The number of carboxylic acids is 1. The van der Waals surface area contributed by atoms with Crippen LogP contribution in [-0.4, -0.2) is 40.7 Å². The maximum absolute atomic E-state index is 11.5. The van der Waals surface area contributed by atoms with E-state index in [0.717, 1.165) is 0 Å². The first-order chi connectivity index (χ1) is 7.97. The Morgan fingerprint density at radius 3 is 2.59 bits per heavy atom. The number of benzene rings is 1. The number of nitrogens with one attached hydrogen (secondary N) is 1. The molecule has 0 radical (unpaired) electrons. The number of phenols is 1. The lowest BCUT2D eigenvalue weighted by molar-refractivity contribution is 0.0693. The first-order valence-corrected chi connectivity index (χ1v) is 5.04. The van der Waals surface area contributed by atoms with Crippen LogP contribution in [0.1, 0.15) is 17.3 Å². The summed E-state index contributed by atoms with van der Waals surface area (Å²) < 4.78 is 0. The average molecular weight is 238 g/mol. The number of hydrogen-bond acceptors (Lipinski definition) is 3. The van der Waals surface area contributed by atoms with Crippen LogP contribution in [0.25, 0.3) is 0 Å². The molecule has 3 N–H and O–H groups in total. The van der Waals surface area contributed by atoms with Crippen LogP contribution in [0, 0.1) is 0 Å². The van der Waals surface area contributed by atoms with Crippen LogP contribution in [0.2, 0.25) is 0 Å². The van der Waals surface area contributed by atoms with Crippen molar-refractivity contribution in [3.05, 3.63) is 23.8 Å². The molecule has 6 nitrogen and oxygen atoms in total. The Labute approximate surface area is 98.5 Å². The molecule has 0 fully saturated rings. The van der Waals surface area contributed by atoms with E-state index in [1.54, 1.807) is 14.0 Å². The predicted octanol–water partition coefficient (Wildman–Crippen LogP) is 1.57. The summed E-state index contributed by atoms with van der Waals surface area (Å²) in [5, 5.41) is 20.9. The highest BCUT2D eigenvalue weighted by Gasteiger charge is 2.15. The van der Waals surface area contributed by atoms with Crippen LogP contribution in [0.5, 0.6) is 5.75 Å². The van der Waals surface area contributed by atoms with Crippen LogP contribution in [-0.2, 0) is 0 Å². The fourth-order valence-electron chi connectivity index (χ4n) is 1.17. The largest absolute Gasteiger partial charge is 0.505 e. The van der Waals surface area contributed by atoms with E-state index < -0.39 is 17.7 Å². The predicted molar refractivity (Wildman–Crippen MR) is 62.4 cm³/mol. The molecule has 0 bridgehead atoms. The number of nitrogens with zero attached hydrogens (tertiary/aromatic N) is 1. The van der Waals surface area contributed by atoms with Crippen molar-refractivity contribution >= 4 is 17.7 Å². The molecule has 17 heavy (non-hydrogen) atoms. The summed E-state index contributed by atoms with van der Waals surface area (Å²) in [6.45, 7) is 2.30. The molecule has 0 spiro atoms. The number of rotatable bonds is 3. The second-order valence-electron chi connectivity index (χ2n) is 3.45. The van der Waals surface area contributed by atoms with E-state index in [4.69, 9.17) is 5.11 Å². The zero-order valence-corrected chi connectivity index (χ0v) is 9.60. The molecule has 0 saturated heterocycles. The molecule has 1 aromatic carbocycles. The summed E-state index contributed by atoms with van der Waals surface area (Å²) in [4.78, 5) is 23.7. The van der Waals surface area contributed by atoms with Crippen LogP contribution in [0.4, 0.5) is 10.5 Å². The highest BCUT2D eigenvalue weighted by atomic mass is 16.4. The lowest BCUT2D eigenvalue weighted by atomic mass is 10.1. The van der Waals surface area contributed by atoms with Crippen molar-refractivity contribution < 1.29 is 19.8 Å². The molecular weight excluding hydrogens is 224 g/mol. The third-order valence-corrected chi connectivity index (χ3v) is 2.33. The summed E-state index contributed by atoms with van der Waals surface area (Å²) in [5.41, 5.74) is -0.169. The number of aromatic carboxylic acids is 1. The second kappa shape index (κ2) is 5.20. The molecule has 0 heterocycles. The zero-order chi connectivity index (χ0) is 13.0. The van der Waals surface area contributed by atoms with Crippen molar-refractivity contribution in [1.29, 1.82) is 0 Å². The van der Waals surface area contributed by atoms with Gasteiger partial charge in [0.2, 0.25) is 0 Å². The minimum Gasteiger partial charge on any atom is -0.505 e. The Hall–Kier alpha value is -2.24. The molecular formula is C11H14N2O4. The van der Waals surface area contributed by atoms with E-state index in [0.29, 0.717) is 6.54 Å². The van der Waals surface area contributed by atoms with Gasteiger partial charge in [-0.3, -0.25) is 0 Å². The van der Waals surface area contributed by atoms with Gasteiger partial charge in [0, 0.05) is 13.6 Å². The third-order valence-electron chi connectivity index (χ3n) is 2.33. The Morgan fingerprint density at radius 2 is 2.06 bits per heavy atom. The molecule has 0 atom stereocenters. The first kappa shape index (κ1) is 12.8. The molecule has 0 unspecified atom stereocenters. The third kappa shape index (κ3) is 2.87. The molecule has 0 aliphatic rings. The quantitative estimate of drug-likeness (QED) is 0.697. The van der Waals surface area contributed by atoms with E-state index >= 15 is 0 Å². The molecule has 92 valence electrons.